The van der Waals surface area contributed by atoms with Gasteiger partial charge < -0.3 is 14.4 Å². The Balaban J connectivity index is 1.97. The largest absolute Gasteiger partial charge is 0.497 e. The first-order valence-corrected chi connectivity index (χ1v) is 7.71. The van der Waals surface area contributed by atoms with Crippen molar-refractivity contribution in [2.24, 2.45) is 0 Å². The van der Waals surface area contributed by atoms with Gasteiger partial charge in [0.1, 0.15) is 5.75 Å². The Labute approximate surface area is 136 Å². The Hall–Kier alpha value is -2.51. The molecule has 0 saturated carbocycles. The van der Waals surface area contributed by atoms with E-state index in [0.717, 1.165) is 29.8 Å². The average Bonchev–Trinajstić information content (AvgIpc) is 2.59. The van der Waals surface area contributed by atoms with Crippen LogP contribution in [0.5, 0.6) is 5.75 Å². The Morgan fingerprint density at radius 2 is 2.13 bits per heavy atom. The van der Waals surface area contributed by atoms with Crippen LogP contribution in [0.2, 0.25) is 0 Å². The molecule has 0 spiro atoms. The number of benzene rings is 2. The number of nitrogens with zero attached hydrogens (tertiary/aromatic N) is 2. The van der Waals surface area contributed by atoms with Crippen LogP contribution in [-0.2, 0) is 11.2 Å². The average molecular weight is 308 g/mol. The van der Waals surface area contributed by atoms with Crippen LogP contribution in [0.25, 0.3) is 0 Å². The van der Waals surface area contributed by atoms with E-state index in [1.807, 2.05) is 36.4 Å². The van der Waals surface area contributed by atoms with Crippen LogP contribution in [0.15, 0.2) is 42.5 Å². The van der Waals surface area contributed by atoms with E-state index in [0.29, 0.717) is 12.2 Å². The minimum absolute atomic E-state index is 0.0357. The first kappa shape index (κ1) is 15.4. The number of hydrogen-bond acceptors (Lipinski definition) is 4. The number of fused-ring (bicyclic) bond motifs is 1. The molecule has 1 aliphatic heterocycles. The fraction of sp³-hybridized carbons (Fsp3) is 0.316. The van der Waals surface area contributed by atoms with E-state index >= 15 is 0 Å². The van der Waals surface area contributed by atoms with Crippen molar-refractivity contribution in [2.45, 2.75) is 12.5 Å². The molecule has 3 rings (SSSR count). The standard InChI is InChI=1S/C19H20N2O2/c1-21-8-9-23-19(15-4-3-5-17(11-15)22-2)12-16-10-14(13-20)6-7-18(16)21/h3-7,10-11,19H,8-9,12H2,1-2H3/t19-/m1/s1. The molecular weight excluding hydrogens is 288 g/mol. The van der Waals surface area contributed by atoms with Crippen LogP contribution in [0.1, 0.15) is 22.8 Å². The number of rotatable bonds is 2. The number of nitriles is 1. The molecule has 118 valence electrons. The van der Waals surface area contributed by atoms with Crippen LogP contribution in [0.3, 0.4) is 0 Å². The molecule has 1 atom stereocenters. The van der Waals surface area contributed by atoms with E-state index in [2.05, 4.69) is 24.1 Å². The summed E-state index contributed by atoms with van der Waals surface area (Å²) in [5.41, 5.74) is 4.09. The Bertz CT molecular complexity index is 736. The van der Waals surface area contributed by atoms with Crippen molar-refractivity contribution in [3.63, 3.8) is 0 Å². The van der Waals surface area contributed by atoms with E-state index in [9.17, 15) is 5.26 Å². The van der Waals surface area contributed by atoms with Crippen LogP contribution in [0.4, 0.5) is 5.69 Å². The molecule has 0 aliphatic carbocycles. The lowest BCUT2D eigenvalue weighted by Crippen LogP contribution is -2.28. The van der Waals surface area contributed by atoms with E-state index in [-0.39, 0.29) is 6.10 Å². The molecular formula is C19H20N2O2. The van der Waals surface area contributed by atoms with Gasteiger partial charge in [0.2, 0.25) is 0 Å². The molecule has 2 aromatic rings. The van der Waals surface area contributed by atoms with Gasteiger partial charge in [0.25, 0.3) is 0 Å². The zero-order chi connectivity index (χ0) is 16.2. The Morgan fingerprint density at radius 1 is 1.26 bits per heavy atom. The molecule has 0 N–H and O–H groups in total. The zero-order valence-electron chi connectivity index (χ0n) is 13.5. The Kier molecular flexibility index (Phi) is 4.50. The third-order valence-corrected chi connectivity index (χ3v) is 4.24. The van der Waals surface area contributed by atoms with E-state index in [1.165, 1.54) is 5.69 Å². The second-order valence-electron chi connectivity index (χ2n) is 5.72. The lowest BCUT2D eigenvalue weighted by atomic mass is 9.97. The first-order chi connectivity index (χ1) is 11.2. The summed E-state index contributed by atoms with van der Waals surface area (Å²) in [5, 5.41) is 9.17. The molecule has 1 aliphatic rings. The third kappa shape index (κ3) is 3.30. The predicted molar refractivity (Wildman–Crippen MR) is 89.8 cm³/mol. The molecule has 0 unspecified atom stereocenters. The van der Waals surface area contributed by atoms with Crippen molar-refractivity contribution in [1.29, 1.82) is 5.26 Å². The minimum atomic E-state index is -0.0357. The molecule has 0 amide bonds. The highest BCUT2D eigenvalue weighted by Gasteiger charge is 2.20. The number of anilines is 1. The summed E-state index contributed by atoms with van der Waals surface area (Å²) in [6.45, 7) is 1.48. The zero-order valence-corrected chi connectivity index (χ0v) is 13.5. The van der Waals surface area contributed by atoms with Gasteiger partial charge in [-0.2, -0.15) is 5.26 Å². The fourth-order valence-electron chi connectivity index (χ4n) is 2.96. The number of likely N-dealkylation sites (N-methyl/N-ethyl adjacent to an activating group) is 1. The third-order valence-electron chi connectivity index (χ3n) is 4.24. The van der Waals surface area contributed by atoms with Gasteiger partial charge in [-0.15, -0.1) is 0 Å². The maximum atomic E-state index is 9.17. The van der Waals surface area contributed by atoms with Gasteiger partial charge in [-0.25, -0.2) is 0 Å². The normalized spacial score (nSPS) is 17.6. The predicted octanol–water partition coefficient (Wildman–Crippen LogP) is 3.32. The maximum absolute atomic E-state index is 9.17. The van der Waals surface area contributed by atoms with Crippen molar-refractivity contribution < 1.29 is 9.47 Å². The molecule has 23 heavy (non-hydrogen) atoms. The number of methoxy groups -OCH3 is 1. The van der Waals surface area contributed by atoms with Crippen LogP contribution < -0.4 is 9.64 Å². The smallest absolute Gasteiger partial charge is 0.119 e. The van der Waals surface area contributed by atoms with Gasteiger partial charge in [-0.3, -0.25) is 0 Å². The van der Waals surface area contributed by atoms with E-state index in [1.54, 1.807) is 7.11 Å². The number of ether oxygens (including phenoxy) is 2. The van der Waals surface area contributed by atoms with Crippen LogP contribution in [0, 0.1) is 11.3 Å². The fourth-order valence-corrected chi connectivity index (χ4v) is 2.96. The van der Waals surface area contributed by atoms with Crippen molar-refractivity contribution >= 4 is 5.69 Å². The van der Waals surface area contributed by atoms with Gasteiger partial charge in [0.15, 0.2) is 0 Å². The summed E-state index contributed by atoms with van der Waals surface area (Å²) in [5.74, 6) is 0.830. The lowest BCUT2D eigenvalue weighted by molar-refractivity contribution is 0.0558. The molecule has 4 heteroatoms. The van der Waals surface area contributed by atoms with Gasteiger partial charge in [0.05, 0.1) is 31.5 Å². The molecule has 1 heterocycles. The Morgan fingerprint density at radius 3 is 2.91 bits per heavy atom. The van der Waals surface area contributed by atoms with E-state index in [4.69, 9.17) is 9.47 Å². The quantitative estimate of drug-likeness (QED) is 0.854. The highest BCUT2D eigenvalue weighted by atomic mass is 16.5. The van der Waals surface area contributed by atoms with Crippen LogP contribution in [-0.4, -0.2) is 27.3 Å². The summed E-state index contributed by atoms with van der Waals surface area (Å²) in [6.07, 6.45) is 0.703. The minimum Gasteiger partial charge on any atom is -0.497 e. The highest BCUT2D eigenvalue weighted by molar-refractivity contribution is 5.57. The topological polar surface area (TPSA) is 45.5 Å². The molecule has 0 aromatic heterocycles. The molecule has 0 fully saturated rings. The summed E-state index contributed by atoms with van der Waals surface area (Å²) in [4.78, 5) is 2.18. The van der Waals surface area contributed by atoms with Gasteiger partial charge in [-0.05, 0) is 41.5 Å². The SMILES string of the molecule is COc1cccc([C@H]2Cc3cc(C#N)ccc3N(C)CCO2)c1. The monoisotopic (exact) mass is 308 g/mol. The number of hydrogen-bond donors (Lipinski definition) is 0. The molecule has 2 aromatic carbocycles. The summed E-state index contributed by atoms with van der Waals surface area (Å²) in [6, 6.07) is 16.1. The van der Waals surface area contributed by atoms with Gasteiger partial charge >= 0.3 is 0 Å². The lowest BCUT2D eigenvalue weighted by Gasteiger charge is -2.29. The molecule has 0 saturated heterocycles. The second-order valence-corrected chi connectivity index (χ2v) is 5.72. The van der Waals surface area contributed by atoms with Crippen molar-refractivity contribution in [2.75, 3.05) is 32.2 Å². The van der Waals surface area contributed by atoms with Gasteiger partial charge in [-0.1, -0.05) is 12.1 Å². The molecule has 4 nitrogen and oxygen atoms in total. The molecule has 0 radical (unpaired) electrons. The second kappa shape index (κ2) is 6.72. The first-order valence-electron chi connectivity index (χ1n) is 7.71. The van der Waals surface area contributed by atoms with Crippen molar-refractivity contribution in [3.05, 3.63) is 59.2 Å². The van der Waals surface area contributed by atoms with Crippen molar-refractivity contribution in [1.82, 2.24) is 0 Å². The summed E-state index contributed by atoms with van der Waals surface area (Å²) < 4.78 is 11.4. The molecule has 0 bridgehead atoms. The van der Waals surface area contributed by atoms with Crippen molar-refractivity contribution in [3.8, 4) is 11.8 Å². The summed E-state index contributed by atoms with van der Waals surface area (Å²) >= 11 is 0. The summed E-state index contributed by atoms with van der Waals surface area (Å²) in [7, 11) is 3.72. The highest BCUT2D eigenvalue weighted by Crippen LogP contribution is 2.32. The van der Waals surface area contributed by atoms with Crippen LogP contribution >= 0.6 is 0 Å². The van der Waals surface area contributed by atoms with Gasteiger partial charge in [0, 0.05) is 25.7 Å². The van der Waals surface area contributed by atoms with E-state index < -0.39 is 0 Å². The maximum Gasteiger partial charge on any atom is 0.119 e.